The molecule has 1 N–H and O–H groups in total. The lowest BCUT2D eigenvalue weighted by Gasteiger charge is -2.19. The molecule has 0 saturated carbocycles. The van der Waals surface area contributed by atoms with Gasteiger partial charge in [0.25, 0.3) is 0 Å². The van der Waals surface area contributed by atoms with E-state index in [1.807, 2.05) is 36.9 Å². The molecule has 0 bridgehead atoms. The zero-order valence-electron chi connectivity index (χ0n) is 10.8. The summed E-state index contributed by atoms with van der Waals surface area (Å²) in [5.74, 6) is -0.993. The Bertz CT molecular complexity index is 583. The first-order valence-corrected chi connectivity index (χ1v) is 6.84. The highest BCUT2D eigenvalue weighted by Crippen LogP contribution is 2.22. The van der Waals surface area contributed by atoms with Crippen LogP contribution in [0.4, 0.5) is 5.13 Å². The van der Waals surface area contributed by atoms with Gasteiger partial charge in [-0.3, -0.25) is 4.98 Å². The number of rotatable bonds is 5. The van der Waals surface area contributed by atoms with E-state index in [4.69, 9.17) is 5.11 Å². The van der Waals surface area contributed by atoms with Crippen molar-refractivity contribution in [2.45, 2.75) is 20.4 Å². The smallest absolute Gasteiger partial charge is 0.355 e. The van der Waals surface area contributed by atoms with Crippen molar-refractivity contribution in [2.75, 3.05) is 11.4 Å². The van der Waals surface area contributed by atoms with Gasteiger partial charge < -0.3 is 10.0 Å². The van der Waals surface area contributed by atoms with E-state index in [0.29, 0.717) is 11.7 Å². The van der Waals surface area contributed by atoms with Gasteiger partial charge in [-0.25, -0.2) is 9.78 Å². The fourth-order valence-corrected chi connectivity index (χ4v) is 2.57. The molecule has 0 aromatic carbocycles. The Morgan fingerprint density at radius 3 is 2.79 bits per heavy atom. The van der Waals surface area contributed by atoms with Gasteiger partial charge in [0, 0.05) is 17.6 Å². The Morgan fingerprint density at radius 1 is 1.42 bits per heavy atom. The van der Waals surface area contributed by atoms with Crippen LogP contribution in [0.2, 0.25) is 0 Å². The van der Waals surface area contributed by atoms with Gasteiger partial charge in [0.15, 0.2) is 10.8 Å². The van der Waals surface area contributed by atoms with Crippen molar-refractivity contribution >= 4 is 22.4 Å². The van der Waals surface area contributed by atoms with Crippen LogP contribution in [0.25, 0.3) is 0 Å². The molecule has 100 valence electrons. The maximum Gasteiger partial charge on any atom is 0.355 e. The fourth-order valence-electron chi connectivity index (χ4n) is 1.71. The Kier molecular flexibility index (Phi) is 4.11. The van der Waals surface area contributed by atoms with Crippen LogP contribution in [0.5, 0.6) is 0 Å². The predicted molar refractivity (Wildman–Crippen MR) is 74.8 cm³/mol. The number of carbonyl (C=O) groups is 1. The number of anilines is 1. The average molecular weight is 277 g/mol. The lowest BCUT2D eigenvalue weighted by molar-refractivity contribution is 0.0691. The highest BCUT2D eigenvalue weighted by molar-refractivity contribution is 7.13. The van der Waals surface area contributed by atoms with Crippen molar-refractivity contribution in [3.05, 3.63) is 40.7 Å². The van der Waals surface area contributed by atoms with Gasteiger partial charge in [-0.05, 0) is 26.0 Å². The Labute approximate surface area is 115 Å². The van der Waals surface area contributed by atoms with E-state index < -0.39 is 5.97 Å². The molecule has 0 atom stereocenters. The summed E-state index contributed by atoms with van der Waals surface area (Å²) in [5, 5.41) is 11.2. The first-order chi connectivity index (χ1) is 9.10. The third kappa shape index (κ3) is 3.29. The van der Waals surface area contributed by atoms with Crippen molar-refractivity contribution in [1.29, 1.82) is 0 Å². The van der Waals surface area contributed by atoms with Crippen LogP contribution in [0.1, 0.15) is 28.8 Å². The van der Waals surface area contributed by atoms with E-state index in [1.54, 1.807) is 5.38 Å². The summed E-state index contributed by atoms with van der Waals surface area (Å²) in [7, 11) is 0. The van der Waals surface area contributed by atoms with Crippen LogP contribution in [-0.2, 0) is 6.54 Å². The molecule has 6 heteroatoms. The minimum atomic E-state index is -0.993. The normalized spacial score (nSPS) is 10.4. The molecule has 0 aliphatic rings. The lowest BCUT2D eigenvalue weighted by Crippen LogP contribution is -2.22. The third-order valence-corrected chi connectivity index (χ3v) is 3.56. The van der Waals surface area contributed by atoms with Crippen molar-refractivity contribution in [2.24, 2.45) is 0 Å². The monoisotopic (exact) mass is 277 g/mol. The summed E-state index contributed by atoms with van der Waals surface area (Å²) >= 11 is 1.34. The quantitative estimate of drug-likeness (QED) is 0.909. The van der Waals surface area contributed by atoms with Gasteiger partial charge in [-0.15, -0.1) is 11.3 Å². The second-order valence-electron chi connectivity index (χ2n) is 4.10. The summed E-state index contributed by atoms with van der Waals surface area (Å²) in [6.45, 7) is 5.34. The van der Waals surface area contributed by atoms with Gasteiger partial charge in [0.2, 0.25) is 0 Å². The van der Waals surface area contributed by atoms with E-state index in [9.17, 15) is 4.79 Å². The molecular weight excluding hydrogens is 262 g/mol. The van der Waals surface area contributed by atoms with Gasteiger partial charge in [-0.1, -0.05) is 6.07 Å². The summed E-state index contributed by atoms with van der Waals surface area (Å²) in [6.07, 6.45) is 0. The number of carboxylic acid groups (broad SMARTS) is 1. The molecule has 19 heavy (non-hydrogen) atoms. The number of pyridine rings is 1. The minimum absolute atomic E-state index is 0.0932. The van der Waals surface area contributed by atoms with Crippen molar-refractivity contribution in [1.82, 2.24) is 9.97 Å². The van der Waals surface area contributed by atoms with E-state index in [2.05, 4.69) is 9.97 Å². The van der Waals surface area contributed by atoms with Crippen molar-refractivity contribution in [3.63, 3.8) is 0 Å². The van der Waals surface area contributed by atoms with Gasteiger partial charge >= 0.3 is 5.97 Å². The number of aromatic carboxylic acids is 1. The van der Waals surface area contributed by atoms with Crippen LogP contribution >= 0.6 is 11.3 Å². The topological polar surface area (TPSA) is 66.3 Å². The number of nitrogens with zero attached hydrogens (tertiary/aromatic N) is 3. The summed E-state index contributed by atoms with van der Waals surface area (Å²) < 4.78 is 0. The van der Waals surface area contributed by atoms with Crippen molar-refractivity contribution in [3.8, 4) is 0 Å². The van der Waals surface area contributed by atoms with Crippen LogP contribution in [0.15, 0.2) is 23.6 Å². The first-order valence-electron chi connectivity index (χ1n) is 5.96. The molecule has 0 fully saturated rings. The highest BCUT2D eigenvalue weighted by Gasteiger charge is 2.14. The van der Waals surface area contributed by atoms with Crippen LogP contribution in [0.3, 0.4) is 0 Å². The average Bonchev–Trinajstić information content (AvgIpc) is 2.85. The van der Waals surface area contributed by atoms with Gasteiger partial charge in [-0.2, -0.15) is 0 Å². The van der Waals surface area contributed by atoms with E-state index in [0.717, 1.165) is 17.9 Å². The zero-order valence-corrected chi connectivity index (χ0v) is 11.6. The van der Waals surface area contributed by atoms with Crippen LogP contribution in [0, 0.1) is 6.92 Å². The number of aromatic nitrogens is 2. The largest absolute Gasteiger partial charge is 0.476 e. The molecule has 0 spiro atoms. The lowest BCUT2D eigenvalue weighted by atomic mass is 10.3. The van der Waals surface area contributed by atoms with E-state index >= 15 is 0 Å². The number of hydrogen-bond donors (Lipinski definition) is 1. The Morgan fingerprint density at radius 2 is 2.21 bits per heavy atom. The maximum atomic E-state index is 10.8. The minimum Gasteiger partial charge on any atom is -0.476 e. The molecule has 2 heterocycles. The van der Waals surface area contributed by atoms with Crippen LogP contribution in [-0.4, -0.2) is 27.6 Å². The molecule has 2 rings (SSSR count). The second-order valence-corrected chi connectivity index (χ2v) is 4.94. The van der Waals surface area contributed by atoms with Crippen LogP contribution < -0.4 is 4.90 Å². The number of carboxylic acids is 1. The first kappa shape index (κ1) is 13.5. The molecule has 0 amide bonds. The zero-order chi connectivity index (χ0) is 13.8. The van der Waals surface area contributed by atoms with E-state index in [1.165, 1.54) is 11.3 Å². The summed E-state index contributed by atoms with van der Waals surface area (Å²) in [5.41, 5.74) is 2.02. The molecule has 0 aliphatic carbocycles. The maximum absolute atomic E-state index is 10.8. The Balaban J connectivity index is 2.17. The Hall–Kier alpha value is -1.95. The number of aryl methyl sites for hydroxylation is 1. The highest BCUT2D eigenvalue weighted by atomic mass is 32.1. The molecule has 0 saturated heterocycles. The number of hydrogen-bond acceptors (Lipinski definition) is 5. The third-order valence-electron chi connectivity index (χ3n) is 2.66. The van der Waals surface area contributed by atoms with Gasteiger partial charge in [0.05, 0.1) is 12.2 Å². The summed E-state index contributed by atoms with van der Waals surface area (Å²) in [4.78, 5) is 21.4. The molecule has 0 unspecified atom stereocenters. The molecular formula is C13H15N3O2S. The molecule has 5 nitrogen and oxygen atoms in total. The molecule has 2 aromatic rings. The SMILES string of the molecule is CCN(Cc1cccc(C)n1)c1nc(C(=O)O)cs1. The van der Waals surface area contributed by atoms with Crippen molar-refractivity contribution < 1.29 is 9.90 Å². The van der Waals surface area contributed by atoms with E-state index in [-0.39, 0.29) is 5.69 Å². The predicted octanol–water partition coefficient (Wildman–Crippen LogP) is 2.57. The molecule has 2 aromatic heterocycles. The summed E-state index contributed by atoms with van der Waals surface area (Å²) in [6, 6.07) is 5.88. The molecule has 0 radical (unpaired) electrons. The van der Waals surface area contributed by atoms with Gasteiger partial charge in [0.1, 0.15) is 0 Å². The number of thiazole rings is 1. The fraction of sp³-hybridized carbons (Fsp3) is 0.308. The second kappa shape index (κ2) is 5.79. The molecule has 0 aliphatic heterocycles. The standard InChI is InChI=1S/C13H15N3O2S/c1-3-16(7-10-6-4-5-9(2)14-10)13-15-11(8-19-13)12(17)18/h4-6,8H,3,7H2,1-2H3,(H,17,18).